The van der Waals surface area contributed by atoms with Gasteiger partial charge in [-0.25, -0.2) is 4.79 Å². The number of esters is 1. The molecule has 0 atom stereocenters. The van der Waals surface area contributed by atoms with E-state index in [0.717, 1.165) is 25.7 Å². The van der Waals surface area contributed by atoms with E-state index in [4.69, 9.17) is 9.84 Å². The molecule has 1 rings (SSSR count). The Balaban J connectivity index is 2.38. The number of hydrogen-bond donors (Lipinski definition) is 2. The van der Waals surface area contributed by atoms with Crippen molar-refractivity contribution in [1.82, 2.24) is 0 Å². The average molecular weight is 321 g/mol. The Bertz CT molecular complexity index is 524. The first-order valence-corrected chi connectivity index (χ1v) is 7.81. The minimum absolute atomic E-state index is 0.0864. The summed E-state index contributed by atoms with van der Waals surface area (Å²) in [5, 5.41) is 11.1. The second kappa shape index (κ2) is 10.4. The zero-order valence-corrected chi connectivity index (χ0v) is 13.3. The molecule has 0 aromatic heterocycles. The quantitative estimate of drug-likeness (QED) is 0.510. The minimum atomic E-state index is -1.02. The molecule has 0 radical (unpaired) electrons. The number of rotatable bonds is 10. The highest BCUT2D eigenvalue weighted by Gasteiger charge is 2.09. The number of ether oxygens (including phenoxy) is 1. The van der Waals surface area contributed by atoms with E-state index < -0.39 is 5.97 Å². The molecule has 6 heteroatoms. The van der Waals surface area contributed by atoms with Crippen molar-refractivity contribution in [2.24, 2.45) is 0 Å². The maximum atomic E-state index is 11.8. The molecule has 0 fully saturated rings. The summed E-state index contributed by atoms with van der Waals surface area (Å²) < 4.78 is 5.17. The van der Waals surface area contributed by atoms with Crippen molar-refractivity contribution in [2.75, 3.05) is 11.9 Å². The van der Waals surface area contributed by atoms with Gasteiger partial charge in [-0.3, -0.25) is 9.59 Å². The maximum absolute atomic E-state index is 11.8. The number of aliphatic carboxylic acids is 1. The monoisotopic (exact) mass is 321 g/mol. The van der Waals surface area contributed by atoms with E-state index in [1.807, 2.05) is 0 Å². The van der Waals surface area contributed by atoms with Gasteiger partial charge in [0.05, 0.1) is 18.6 Å². The van der Waals surface area contributed by atoms with Gasteiger partial charge in [-0.2, -0.15) is 0 Å². The number of amides is 1. The summed E-state index contributed by atoms with van der Waals surface area (Å²) in [5.74, 6) is -1.78. The molecule has 0 saturated heterocycles. The van der Waals surface area contributed by atoms with Crippen LogP contribution in [0.2, 0.25) is 0 Å². The molecule has 1 amide bonds. The van der Waals surface area contributed by atoms with E-state index in [1.54, 1.807) is 24.3 Å². The molecule has 0 unspecified atom stereocenters. The van der Waals surface area contributed by atoms with Gasteiger partial charge >= 0.3 is 11.9 Å². The van der Waals surface area contributed by atoms with Gasteiger partial charge in [0.1, 0.15) is 0 Å². The summed E-state index contributed by atoms with van der Waals surface area (Å²) in [4.78, 5) is 33.7. The van der Waals surface area contributed by atoms with Crippen molar-refractivity contribution < 1.29 is 24.2 Å². The lowest BCUT2D eigenvalue weighted by Crippen LogP contribution is -2.13. The van der Waals surface area contributed by atoms with Crippen LogP contribution in [0.5, 0.6) is 0 Å². The summed E-state index contributed by atoms with van der Waals surface area (Å²) in [7, 11) is 0. The fourth-order valence-corrected chi connectivity index (χ4v) is 1.91. The lowest BCUT2D eigenvalue weighted by atomic mass is 10.2. The Kier molecular flexibility index (Phi) is 8.42. The van der Waals surface area contributed by atoms with Crippen molar-refractivity contribution in [3.8, 4) is 0 Å². The van der Waals surface area contributed by atoms with Crippen molar-refractivity contribution in [3.05, 3.63) is 29.8 Å². The van der Waals surface area contributed by atoms with Crippen LogP contribution in [-0.2, 0) is 14.3 Å². The molecule has 0 aliphatic rings. The SMILES string of the molecule is CCCCCCOC(=O)c1ccc(NC(=O)CCC(=O)O)cc1. The number of carbonyl (C=O) groups is 3. The second-order valence-electron chi connectivity index (χ2n) is 5.22. The molecule has 2 N–H and O–H groups in total. The van der Waals surface area contributed by atoms with E-state index in [2.05, 4.69) is 12.2 Å². The van der Waals surface area contributed by atoms with Gasteiger partial charge in [-0.05, 0) is 30.7 Å². The average Bonchev–Trinajstić information content (AvgIpc) is 2.53. The van der Waals surface area contributed by atoms with Gasteiger partial charge < -0.3 is 15.2 Å². The topological polar surface area (TPSA) is 92.7 Å². The zero-order chi connectivity index (χ0) is 17.1. The molecule has 0 spiro atoms. The molecule has 126 valence electrons. The Labute approximate surface area is 135 Å². The Hall–Kier alpha value is -2.37. The first-order valence-electron chi connectivity index (χ1n) is 7.81. The lowest BCUT2D eigenvalue weighted by molar-refractivity contribution is -0.138. The fraction of sp³-hybridized carbons (Fsp3) is 0.471. The molecular weight excluding hydrogens is 298 g/mol. The molecule has 0 saturated carbocycles. The van der Waals surface area contributed by atoms with Gasteiger partial charge in [0.15, 0.2) is 0 Å². The predicted octanol–water partition coefficient (Wildman–Crippen LogP) is 3.23. The lowest BCUT2D eigenvalue weighted by Gasteiger charge is -2.07. The Morgan fingerprint density at radius 3 is 2.35 bits per heavy atom. The van der Waals surface area contributed by atoms with Gasteiger partial charge in [0.2, 0.25) is 5.91 Å². The molecule has 1 aromatic rings. The fourth-order valence-electron chi connectivity index (χ4n) is 1.91. The smallest absolute Gasteiger partial charge is 0.338 e. The Morgan fingerprint density at radius 1 is 1.04 bits per heavy atom. The van der Waals surface area contributed by atoms with Crippen molar-refractivity contribution in [1.29, 1.82) is 0 Å². The molecule has 6 nitrogen and oxygen atoms in total. The summed E-state index contributed by atoms with van der Waals surface area (Å²) in [6.45, 7) is 2.53. The van der Waals surface area contributed by atoms with E-state index in [-0.39, 0.29) is 24.7 Å². The highest BCUT2D eigenvalue weighted by atomic mass is 16.5. The predicted molar refractivity (Wildman–Crippen MR) is 86.4 cm³/mol. The summed E-state index contributed by atoms with van der Waals surface area (Å²) in [5.41, 5.74) is 0.934. The standard InChI is InChI=1S/C17H23NO5/c1-2-3-4-5-12-23-17(22)13-6-8-14(9-7-13)18-15(19)10-11-16(20)21/h6-9H,2-5,10-12H2,1H3,(H,18,19)(H,20,21). The van der Waals surface area contributed by atoms with Crippen LogP contribution in [0.25, 0.3) is 0 Å². The number of benzene rings is 1. The number of hydrogen-bond acceptors (Lipinski definition) is 4. The minimum Gasteiger partial charge on any atom is -0.481 e. The molecule has 1 aromatic carbocycles. The molecular formula is C17H23NO5. The van der Waals surface area contributed by atoms with Gasteiger partial charge in [-0.1, -0.05) is 26.2 Å². The maximum Gasteiger partial charge on any atom is 0.338 e. The number of anilines is 1. The zero-order valence-electron chi connectivity index (χ0n) is 13.3. The van der Waals surface area contributed by atoms with Crippen LogP contribution >= 0.6 is 0 Å². The second-order valence-corrected chi connectivity index (χ2v) is 5.22. The van der Waals surface area contributed by atoms with Crippen molar-refractivity contribution in [2.45, 2.75) is 45.4 Å². The van der Waals surface area contributed by atoms with E-state index in [9.17, 15) is 14.4 Å². The van der Waals surface area contributed by atoms with Crippen LogP contribution in [-0.4, -0.2) is 29.6 Å². The van der Waals surface area contributed by atoms with Gasteiger partial charge in [-0.15, -0.1) is 0 Å². The van der Waals surface area contributed by atoms with Crippen LogP contribution in [0.1, 0.15) is 55.8 Å². The van der Waals surface area contributed by atoms with E-state index >= 15 is 0 Å². The van der Waals surface area contributed by atoms with E-state index in [1.165, 1.54) is 0 Å². The normalized spacial score (nSPS) is 10.1. The summed E-state index contributed by atoms with van der Waals surface area (Å²) >= 11 is 0. The number of carboxylic acids is 1. The molecule has 0 aliphatic heterocycles. The van der Waals surface area contributed by atoms with Gasteiger partial charge in [0, 0.05) is 12.1 Å². The van der Waals surface area contributed by atoms with E-state index in [0.29, 0.717) is 17.9 Å². The van der Waals surface area contributed by atoms with Crippen molar-refractivity contribution >= 4 is 23.5 Å². The summed E-state index contributed by atoms with van der Waals surface area (Å²) in [6, 6.07) is 6.32. The molecule has 0 aliphatic carbocycles. The molecule has 0 heterocycles. The largest absolute Gasteiger partial charge is 0.481 e. The third kappa shape index (κ3) is 7.99. The molecule has 23 heavy (non-hydrogen) atoms. The summed E-state index contributed by atoms with van der Waals surface area (Å²) in [6.07, 6.45) is 3.87. The Morgan fingerprint density at radius 2 is 1.74 bits per heavy atom. The van der Waals surface area contributed by atoms with Crippen LogP contribution < -0.4 is 5.32 Å². The first-order chi connectivity index (χ1) is 11.0. The highest BCUT2D eigenvalue weighted by Crippen LogP contribution is 2.12. The number of unbranched alkanes of at least 4 members (excludes halogenated alkanes) is 3. The number of carboxylic acid groups (broad SMARTS) is 1. The third-order valence-electron chi connectivity index (χ3n) is 3.20. The number of carbonyl (C=O) groups excluding carboxylic acids is 2. The van der Waals surface area contributed by atoms with Crippen LogP contribution in [0.15, 0.2) is 24.3 Å². The first kappa shape index (κ1) is 18.7. The number of nitrogens with one attached hydrogen (secondary N) is 1. The third-order valence-corrected chi connectivity index (χ3v) is 3.20. The van der Waals surface area contributed by atoms with Crippen LogP contribution in [0.4, 0.5) is 5.69 Å². The van der Waals surface area contributed by atoms with Crippen LogP contribution in [0.3, 0.4) is 0 Å². The van der Waals surface area contributed by atoms with Gasteiger partial charge in [0.25, 0.3) is 0 Å². The van der Waals surface area contributed by atoms with Crippen LogP contribution in [0, 0.1) is 0 Å². The van der Waals surface area contributed by atoms with Crippen molar-refractivity contribution in [3.63, 3.8) is 0 Å². The highest BCUT2D eigenvalue weighted by molar-refractivity contribution is 5.94. The molecule has 0 bridgehead atoms.